The smallest absolute Gasteiger partial charge is 0.417 e. The number of nitrogens with one attached hydrogen (secondary N) is 3. The Morgan fingerprint density at radius 1 is 0.415 bits per heavy atom. The number of hydrogen-bond acceptors (Lipinski definition) is 22. The number of alkyl halides is 12. The second-order valence-electron chi connectivity index (χ2n) is 33.2. The molecule has 6 aromatic carbocycles. The normalized spacial score (nSPS) is 15.9. The third kappa shape index (κ3) is 22.5. The van der Waals surface area contributed by atoms with Crippen LogP contribution in [0.4, 0.5) is 96.1 Å². The molecular weight excluding hydrogens is 1910 g/mol. The van der Waals surface area contributed by atoms with Gasteiger partial charge in [-0.05, 0) is 135 Å². The van der Waals surface area contributed by atoms with Gasteiger partial charge in [-0.1, -0.05) is 48.5 Å². The van der Waals surface area contributed by atoms with E-state index >= 15 is 26.3 Å². The molecule has 3 saturated heterocycles. The van der Waals surface area contributed by atoms with E-state index < -0.39 is 208 Å². The molecular formula is C97H87F18N13O14. The maximum absolute atomic E-state index is 15.2. The predicted molar refractivity (Wildman–Crippen MR) is 480 cm³/mol. The van der Waals surface area contributed by atoms with Gasteiger partial charge in [-0.15, -0.1) is 0 Å². The quantitative estimate of drug-likeness (QED) is 0.0342. The minimum absolute atomic E-state index is 0.0423. The van der Waals surface area contributed by atoms with Crippen LogP contribution in [-0.2, 0) is 82.3 Å². The number of ether oxygens (including phenoxy) is 6. The highest BCUT2D eigenvalue weighted by Gasteiger charge is 2.50. The number of rotatable bonds is 21. The van der Waals surface area contributed by atoms with Crippen LogP contribution < -0.4 is 41.8 Å². The number of nitrogens with zero attached hydrogens (tertiary/aromatic N) is 10. The molecule has 142 heavy (non-hydrogen) atoms. The van der Waals surface area contributed by atoms with Crippen molar-refractivity contribution in [3.05, 3.63) is 269 Å². The minimum Gasteiger partial charge on any atom is -0.467 e. The standard InChI is InChI=1S/C33H28F8N4O5.C33H31F5N4O5.C31H28F5N5O4/c1-16-11-21(32(36,37)38)26(30(47)44(16)2)20-7-6-17(19-5-4-8-42-28(19)20)12-24(31(48)49-3)43-29(46)27-22(34)13-18(14-23(27)35)45-9-10-50-15-25(45)33(39,40)41;1-17-12-18(2)41(3)31(44)27(17)22-8-7-19(21-6-5-9-39-29(21)22)13-25(32(45)46-4)40-30(43)28-23(34)14-20(15-24(28)35)42-10-11-47-16-26(42)33(36,37)38;1-16-14-38-28(39-17(16)2)21-7-6-18(20-5-4-8-37-27(20)21)11-24(30(43)44-3)40-29(42)26-22(32)12-19(13-23(26)33)41-9-10-45-15-25(41)31(34,35)36/h4-8,11,13-14,24-25H,9-10,12,15H2,1-3H3,(H,43,46);5-9,12,14-15,25-26H,10-11,13,16H2,1-4H3,(H,40,43);4-8,12-14,24-25H,9-11,15H2,1-3H3,(H,40,42)/t24-,25+;25-,26+;24-,25+/m000/s1. The van der Waals surface area contributed by atoms with E-state index in [1.54, 1.807) is 74.2 Å². The van der Waals surface area contributed by atoms with Gasteiger partial charge >= 0.3 is 42.6 Å². The lowest BCUT2D eigenvalue weighted by molar-refractivity contribution is -0.167. The number of fused-ring (bicyclic) bond motifs is 3. The summed E-state index contributed by atoms with van der Waals surface area (Å²) in [6.45, 7) is 5.32. The van der Waals surface area contributed by atoms with Crippen molar-refractivity contribution >= 4 is 85.4 Å². The molecule has 6 aromatic heterocycles. The molecule has 12 aromatic rings. The van der Waals surface area contributed by atoms with Gasteiger partial charge in [0.1, 0.15) is 87.8 Å². The molecule has 9 heterocycles. The van der Waals surface area contributed by atoms with Crippen molar-refractivity contribution in [2.45, 2.75) is 115 Å². The number of aryl methyl sites for hydroxylation is 5. The first-order chi connectivity index (χ1) is 67.0. The number of hydrogen-bond donors (Lipinski definition) is 3. The average Bonchev–Trinajstić information content (AvgIpc) is 0.747. The Hall–Kier alpha value is -14.6. The van der Waals surface area contributed by atoms with E-state index in [4.69, 9.17) is 28.4 Å². The second-order valence-corrected chi connectivity index (χ2v) is 33.2. The Labute approximate surface area is 795 Å². The van der Waals surface area contributed by atoms with Gasteiger partial charge in [-0.3, -0.25) is 38.9 Å². The number of benzene rings is 6. The first kappa shape index (κ1) is 105. The van der Waals surface area contributed by atoms with E-state index in [2.05, 4.69) is 40.9 Å². The molecule has 0 spiro atoms. The molecule has 3 aliphatic heterocycles. The van der Waals surface area contributed by atoms with Crippen molar-refractivity contribution < 1.29 is 136 Å². The Balaban J connectivity index is 0.000000179. The molecule has 15 rings (SSSR count). The Bertz CT molecular complexity index is 6950. The van der Waals surface area contributed by atoms with Crippen molar-refractivity contribution in [2.75, 3.05) is 95.3 Å². The topological polar surface area (TPSA) is 312 Å². The van der Waals surface area contributed by atoms with Crippen molar-refractivity contribution in [1.29, 1.82) is 0 Å². The van der Waals surface area contributed by atoms with Crippen LogP contribution in [0.3, 0.4) is 0 Å². The molecule has 0 aliphatic carbocycles. The lowest BCUT2D eigenvalue weighted by atomic mass is 9.93. The summed E-state index contributed by atoms with van der Waals surface area (Å²) in [5, 5.41) is 8.17. The summed E-state index contributed by atoms with van der Waals surface area (Å²) in [4.78, 5) is 129. The average molecular weight is 2000 g/mol. The zero-order valence-electron chi connectivity index (χ0n) is 76.8. The van der Waals surface area contributed by atoms with Crippen LogP contribution in [0.25, 0.3) is 66.4 Å². The van der Waals surface area contributed by atoms with Crippen LogP contribution in [0.5, 0.6) is 0 Å². The zero-order chi connectivity index (χ0) is 103. The molecule has 6 atom stereocenters. The van der Waals surface area contributed by atoms with Gasteiger partial charge in [0.05, 0.1) is 94.2 Å². The molecule has 750 valence electrons. The lowest BCUT2D eigenvalue weighted by Gasteiger charge is -2.38. The van der Waals surface area contributed by atoms with Crippen LogP contribution >= 0.6 is 0 Å². The van der Waals surface area contributed by atoms with Crippen LogP contribution in [-0.4, -0.2) is 205 Å². The molecule has 45 heteroatoms. The molecule has 0 saturated carbocycles. The zero-order valence-corrected chi connectivity index (χ0v) is 76.8. The second kappa shape index (κ2) is 42.8. The summed E-state index contributed by atoms with van der Waals surface area (Å²) >= 11 is 0. The van der Waals surface area contributed by atoms with Crippen LogP contribution in [0.15, 0.2) is 156 Å². The predicted octanol–water partition coefficient (Wildman–Crippen LogP) is 15.1. The first-order valence-electron chi connectivity index (χ1n) is 43.3. The number of methoxy groups -OCH3 is 3. The number of carbonyl (C=O) groups excluding carboxylic acids is 6. The van der Waals surface area contributed by atoms with Crippen LogP contribution in [0.2, 0.25) is 0 Å². The summed E-state index contributed by atoms with van der Waals surface area (Å²) in [6, 6.07) is 14.6. The maximum Gasteiger partial charge on any atom is 0.417 e. The number of halogens is 18. The monoisotopic (exact) mass is 2000 g/mol. The number of carbonyl (C=O) groups is 6. The van der Waals surface area contributed by atoms with Crippen molar-refractivity contribution in [3.63, 3.8) is 0 Å². The van der Waals surface area contributed by atoms with Gasteiger partial charge < -0.3 is 68.2 Å². The van der Waals surface area contributed by atoms with E-state index in [9.17, 15) is 91.0 Å². The molecule has 3 fully saturated rings. The molecule has 0 bridgehead atoms. The minimum atomic E-state index is -4.90. The SMILES string of the molecule is COC(=O)[C@H](Cc1ccc(-c2c(C(F)(F)F)cc(C)n(C)c2=O)c2ncccc12)NC(=O)c1c(F)cc(N2CCOC[C@@H]2C(F)(F)F)cc1F.COC(=O)[C@H](Cc1ccc(-c2c(C)cc(C)n(C)c2=O)c2ncccc12)NC(=O)c1c(F)cc(N2CCOC[C@@H]2C(F)(F)F)cc1F.COC(=O)[C@H](Cc1ccc(-c2ncc(C)c(C)n2)c2ncccc12)NC(=O)c1c(F)cc(N2CCOC[C@@H]2C(F)(F)F)cc1F. The van der Waals surface area contributed by atoms with Gasteiger partial charge in [-0.25, -0.2) is 50.7 Å². The van der Waals surface area contributed by atoms with E-state index in [-0.39, 0.29) is 85.6 Å². The third-order valence-electron chi connectivity index (χ3n) is 24.3. The highest BCUT2D eigenvalue weighted by molar-refractivity contribution is 6.03. The number of pyridine rings is 5. The maximum atomic E-state index is 15.2. The number of esters is 3. The largest absolute Gasteiger partial charge is 0.467 e. The molecule has 3 N–H and O–H groups in total. The van der Waals surface area contributed by atoms with Crippen LogP contribution in [0, 0.1) is 69.5 Å². The fourth-order valence-corrected chi connectivity index (χ4v) is 16.8. The highest BCUT2D eigenvalue weighted by Crippen LogP contribution is 2.42. The summed E-state index contributed by atoms with van der Waals surface area (Å²) in [5.41, 5.74) is -0.627. The van der Waals surface area contributed by atoms with Gasteiger partial charge in [0.2, 0.25) is 0 Å². The van der Waals surface area contributed by atoms with Crippen molar-refractivity contribution in [3.8, 4) is 33.6 Å². The molecule has 3 amide bonds. The van der Waals surface area contributed by atoms with Crippen LogP contribution in [0.1, 0.15) is 81.5 Å². The number of anilines is 3. The lowest BCUT2D eigenvalue weighted by Crippen LogP contribution is -2.53. The summed E-state index contributed by atoms with van der Waals surface area (Å²) in [6.07, 6.45) is -13.8. The summed E-state index contributed by atoms with van der Waals surface area (Å²) < 4.78 is 287. The van der Waals surface area contributed by atoms with Crippen molar-refractivity contribution in [1.82, 2.24) is 50.0 Å². The van der Waals surface area contributed by atoms with Gasteiger partial charge in [0.25, 0.3) is 28.8 Å². The van der Waals surface area contributed by atoms with E-state index in [0.29, 0.717) is 96.7 Å². The fourth-order valence-electron chi connectivity index (χ4n) is 16.8. The van der Waals surface area contributed by atoms with Gasteiger partial charge in [0, 0.05) is 145 Å². The Morgan fingerprint density at radius 3 is 1.04 bits per heavy atom. The van der Waals surface area contributed by atoms with E-state index in [1.165, 1.54) is 49.0 Å². The third-order valence-corrected chi connectivity index (χ3v) is 24.3. The fraction of sp³-hybridized carbons (Fsp3) is 0.330. The molecule has 3 aliphatic rings. The highest BCUT2D eigenvalue weighted by atomic mass is 19.4. The summed E-state index contributed by atoms with van der Waals surface area (Å²) in [5.74, 6) is -15.1. The first-order valence-corrected chi connectivity index (χ1v) is 43.3. The van der Waals surface area contributed by atoms with E-state index in [1.807, 2.05) is 33.8 Å². The molecule has 27 nitrogen and oxygen atoms in total. The van der Waals surface area contributed by atoms with Crippen molar-refractivity contribution in [2.24, 2.45) is 14.1 Å². The number of aromatic nitrogens is 7. The Morgan fingerprint density at radius 2 is 0.725 bits per heavy atom. The number of morpholine rings is 3. The number of amides is 3. The molecule has 0 unspecified atom stereocenters. The molecule has 0 radical (unpaired) electrons. The summed E-state index contributed by atoms with van der Waals surface area (Å²) in [7, 11) is 6.13. The Kier molecular flexibility index (Phi) is 31.6. The van der Waals surface area contributed by atoms with E-state index in [0.717, 1.165) is 64.3 Å². The van der Waals surface area contributed by atoms with Gasteiger partial charge in [0.15, 0.2) is 5.82 Å². The van der Waals surface area contributed by atoms with Gasteiger partial charge in [-0.2, -0.15) is 52.7 Å².